The molecule has 0 amide bonds. The van der Waals surface area contributed by atoms with Gasteiger partial charge in [0, 0.05) is 19.2 Å². The zero-order valence-corrected chi connectivity index (χ0v) is 8.60. The molecule has 0 bridgehead atoms. The molecule has 0 aliphatic heterocycles. The third kappa shape index (κ3) is 1.39. The standard InChI is InChI=1S/C10H13N4/c1-8-11-10(14(3)12-8)9-6-4-5-7-13(9)2/h4-7H,1-3H3/q+1. The number of pyridine rings is 1. The molecule has 0 N–H and O–H groups in total. The molecule has 2 rings (SSSR count). The first kappa shape index (κ1) is 8.87. The van der Waals surface area contributed by atoms with Crippen LogP contribution in [0.4, 0.5) is 0 Å². The lowest BCUT2D eigenvalue weighted by molar-refractivity contribution is -0.660. The van der Waals surface area contributed by atoms with Crippen molar-refractivity contribution >= 4 is 0 Å². The fourth-order valence-corrected chi connectivity index (χ4v) is 1.49. The van der Waals surface area contributed by atoms with E-state index in [1.165, 1.54) is 0 Å². The highest BCUT2D eigenvalue weighted by atomic mass is 15.3. The van der Waals surface area contributed by atoms with Crippen LogP contribution in [-0.4, -0.2) is 14.8 Å². The highest BCUT2D eigenvalue weighted by Crippen LogP contribution is 2.10. The van der Waals surface area contributed by atoms with Crippen LogP contribution in [0.25, 0.3) is 11.5 Å². The predicted molar refractivity (Wildman–Crippen MR) is 52.4 cm³/mol. The van der Waals surface area contributed by atoms with E-state index in [2.05, 4.69) is 10.1 Å². The highest BCUT2D eigenvalue weighted by molar-refractivity contribution is 5.44. The van der Waals surface area contributed by atoms with Crippen molar-refractivity contribution < 1.29 is 4.57 Å². The Balaban J connectivity index is 2.60. The average molecular weight is 189 g/mol. The van der Waals surface area contributed by atoms with Crippen molar-refractivity contribution in [1.82, 2.24) is 14.8 Å². The smallest absolute Gasteiger partial charge is 0.244 e. The Morgan fingerprint density at radius 1 is 1.36 bits per heavy atom. The van der Waals surface area contributed by atoms with E-state index in [0.717, 1.165) is 17.3 Å². The summed E-state index contributed by atoms with van der Waals surface area (Å²) in [5.41, 5.74) is 1.07. The molecule has 0 aliphatic rings. The van der Waals surface area contributed by atoms with Gasteiger partial charge in [0.1, 0.15) is 12.9 Å². The van der Waals surface area contributed by atoms with Crippen molar-refractivity contribution in [2.24, 2.45) is 14.1 Å². The number of aromatic nitrogens is 4. The summed E-state index contributed by atoms with van der Waals surface area (Å²) in [5.74, 6) is 1.69. The molecule has 4 nitrogen and oxygen atoms in total. The van der Waals surface area contributed by atoms with Crippen molar-refractivity contribution in [3.05, 3.63) is 30.2 Å². The zero-order chi connectivity index (χ0) is 10.1. The fourth-order valence-electron chi connectivity index (χ4n) is 1.49. The van der Waals surface area contributed by atoms with E-state index >= 15 is 0 Å². The van der Waals surface area contributed by atoms with Crippen LogP contribution >= 0.6 is 0 Å². The molecule has 0 aliphatic carbocycles. The lowest BCUT2D eigenvalue weighted by Gasteiger charge is -1.97. The van der Waals surface area contributed by atoms with Crippen LogP contribution in [0.3, 0.4) is 0 Å². The molecule has 4 heteroatoms. The number of hydrogen-bond donors (Lipinski definition) is 0. The van der Waals surface area contributed by atoms with Crippen LogP contribution in [0.2, 0.25) is 0 Å². The van der Waals surface area contributed by atoms with Crippen LogP contribution < -0.4 is 4.57 Å². The minimum Gasteiger partial charge on any atom is -0.244 e. The van der Waals surface area contributed by atoms with Crippen LogP contribution in [0.5, 0.6) is 0 Å². The van der Waals surface area contributed by atoms with Crippen molar-refractivity contribution in [2.45, 2.75) is 6.92 Å². The molecular formula is C10H13N4+. The Labute approximate surface area is 82.8 Å². The lowest BCUT2D eigenvalue weighted by atomic mass is 10.3. The molecule has 0 atom stereocenters. The molecule has 14 heavy (non-hydrogen) atoms. The van der Waals surface area contributed by atoms with E-state index in [-0.39, 0.29) is 0 Å². The van der Waals surface area contributed by atoms with Crippen molar-refractivity contribution in [3.63, 3.8) is 0 Å². The minimum absolute atomic E-state index is 0.798. The Bertz CT molecular complexity index is 459. The monoisotopic (exact) mass is 189 g/mol. The van der Waals surface area contributed by atoms with Crippen LogP contribution in [-0.2, 0) is 14.1 Å². The SMILES string of the molecule is Cc1nc(-c2cccc[n+]2C)n(C)n1. The minimum atomic E-state index is 0.798. The van der Waals surface area contributed by atoms with Gasteiger partial charge in [-0.2, -0.15) is 9.67 Å². The second-order valence-electron chi connectivity index (χ2n) is 3.30. The molecule has 2 aromatic heterocycles. The fraction of sp³-hybridized carbons (Fsp3) is 0.300. The summed E-state index contributed by atoms with van der Waals surface area (Å²) in [6.45, 7) is 1.90. The molecular weight excluding hydrogens is 176 g/mol. The third-order valence-corrected chi connectivity index (χ3v) is 2.15. The van der Waals surface area contributed by atoms with Crippen molar-refractivity contribution in [1.29, 1.82) is 0 Å². The molecule has 0 fully saturated rings. The van der Waals surface area contributed by atoms with Gasteiger partial charge in [0.05, 0.1) is 0 Å². The van der Waals surface area contributed by atoms with Gasteiger partial charge in [-0.15, -0.1) is 0 Å². The summed E-state index contributed by atoms with van der Waals surface area (Å²) in [4.78, 5) is 4.37. The summed E-state index contributed by atoms with van der Waals surface area (Å²) in [7, 11) is 3.90. The summed E-state index contributed by atoms with van der Waals surface area (Å²) in [6.07, 6.45) is 2.00. The molecule has 0 unspecified atom stereocenters. The molecule has 0 radical (unpaired) electrons. The normalized spacial score (nSPS) is 10.5. The second-order valence-corrected chi connectivity index (χ2v) is 3.30. The van der Waals surface area contributed by atoms with Gasteiger partial charge in [-0.3, -0.25) is 0 Å². The second kappa shape index (κ2) is 3.21. The highest BCUT2D eigenvalue weighted by Gasteiger charge is 2.14. The Morgan fingerprint density at radius 3 is 2.71 bits per heavy atom. The topological polar surface area (TPSA) is 34.6 Å². The number of rotatable bonds is 1. The van der Waals surface area contributed by atoms with Crippen molar-refractivity contribution in [3.8, 4) is 11.5 Å². The molecule has 0 spiro atoms. The van der Waals surface area contributed by atoms with Gasteiger partial charge in [-0.05, 0) is 13.0 Å². The average Bonchev–Trinajstić information content (AvgIpc) is 2.46. The maximum atomic E-state index is 4.37. The summed E-state index contributed by atoms with van der Waals surface area (Å²) < 4.78 is 3.83. The first-order valence-corrected chi connectivity index (χ1v) is 4.51. The maximum Gasteiger partial charge on any atom is 0.249 e. The summed E-state index contributed by atoms with van der Waals surface area (Å²) in [5, 5.41) is 4.22. The van der Waals surface area contributed by atoms with Crippen LogP contribution in [0, 0.1) is 6.92 Å². The van der Waals surface area contributed by atoms with Gasteiger partial charge in [0.25, 0.3) is 0 Å². The van der Waals surface area contributed by atoms with E-state index in [1.807, 2.05) is 50.0 Å². The van der Waals surface area contributed by atoms with Gasteiger partial charge in [0.15, 0.2) is 6.20 Å². The van der Waals surface area contributed by atoms with E-state index in [9.17, 15) is 0 Å². The third-order valence-electron chi connectivity index (χ3n) is 2.15. The molecule has 0 saturated carbocycles. The Kier molecular flexibility index (Phi) is 2.04. The quantitative estimate of drug-likeness (QED) is 0.616. The van der Waals surface area contributed by atoms with E-state index in [1.54, 1.807) is 4.68 Å². The molecule has 2 heterocycles. The Hall–Kier alpha value is -1.71. The zero-order valence-electron chi connectivity index (χ0n) is 8.60. The van der Waals surface area contributed by atoms with Gasteiger partial charge in [-0.1, -0.05) is 0 Å². The van der Waals surface area contributed by atoms with Gasteiger partial charge in [-0.25, -0.2) is 9.67 Å². The number of aryl methyl sites for hydroxylation is 3. The van der Waals surface area contributed by atoms with Crippen LogP contribution in [0.1, 0.15) is 5.82 Å². The first-order chi connectivity index (χ1) is 6.68. The molecule has 0 saturated heterocycles. The predicted octanol–water partition coefficient (Wildman–Crippen LogP) is 0.615. The lowest BCUT2D eigenvalue weighted by Crippen LogP contribution is -2.30. The summed E-state index contributed by atoms with van der Waals surface area (Å²) in [6, 6.07) is 6.02. The van der Waals surface area contributed by atoms with E-state index in [4.69, 9.17) is 0 Å². The van der Waals surface area contributed by atoms with E-state index in [0.29, 0.717) is 0 Å². The van der Waals surface area contributed by atoms with Crippen molar-refractivity contribution in [2.75, 3.05) is 0 Å². The summed E-state index contributed by atoms with van der Waals surface area (Å²) >= 11 is 0. The molecule has 2 aromatic rings. The first-order valence-electron chi connectivity index (χ1n) is 4.51. The number of hydrogen-bond acceptors (Lipinski definition) is 2. The molecule has 72 valence electrons. The molecule has 0 aromatic carbocycles. The Morgan fingerprint density at radius 2 is 2.14 bits per heavy atom. The van der Waals surface area contributed by atoms with Gasteiger partial charge >= 0.3 is 0 Å². The van der Waals surface area contributed by atoms with Crippen LogP contribution in [0.15, 0.2) is 24.4 Å². The van der Waals surface area contributed by atoms with E-state index < -0.39 is 0 Å². The maximum absolute atomic E-state index is 4.37. The van der Waals surface area contributed by atoms with Gasteiger partial charge in [0.2, 0.25) is 11.5 Å². The number of nitrogens with zero attached hydrogens (tertiary/aromatic N) is 4. The van der Waals surface area contributed by atoms with Gasteiger partial charge < -0.3 is 0 Å². The largest absolute Gasteiger partial charge is 0.249 e.